The van der Waals surface area contributed by atoms with Crippen molar-refractivity contribution in [3.8, 4) is 0 Å². The quantitative estimate of drug-likeness (QED) is 0.883. The maximum absolute atomic E-state index is 5.58. The van der Waals surface area contributed by atoms with Crippen LogP contribution < -0.4 is 5.32 Å². The molecule has 0 aromatic heterocycles. The van der Waals surface area contributed by atoms with Crippen molar-refractivity contribution in [1.82, 2.24) is 5.32 Å². The Balaban J connectivity index is 1.85. The summed E-state index contributed by atoms with van der Waals surface area (Å²) in [5, 5.41) is 3.46. The minimum Gasteiger partial charge on any atom is -0.379 e. The van der Waals surface area contributed by atoms with Crippen LogP contribution in [0.3, 0.4) is 0 Å². The molecular weight excluding hydrogens is 222 g/mol. The van der Waals surface area contributed by atoms with Crippen molar-refractivity contribution in [3.63, 3.8) is 0 Å². The van der Waals surface area contributed by atoms with E-state index in [1.54, 1.807) is 0 Å². The lowest BCUT2D eigenvalue weighted by Crippen LogP contribution is -2.54. The number of piperidine rings is 1. The average Bonchev–Trinajstić information content (AvgIpc) is 2.40. The van der Waals surface area contributed by atoms with E-state index < -0.39 is 0 Å². The maximum Gasteiger partial charge on any atom is 0.0588 e. The highest BCUT2D eigenvalue weighted by Gasteiger charge is 2.46. The van der Waals surface area contributed by atoms with Crippen LogP contribution in [-0.4, -0.2) is 26.3 Å². The number of nitrogens with one attached hydrogen (secondary N) is 1. The first-order valence-corrected chi connectivity index (χ1v) is 7.23. The van der Waals surface area contributed by atoms with Crippen LogP contribution in [0.15, 0.2) is 24.3 Å². The van der Waals surface area contributed by atoms with Crippen LogP contribution in [0.25, 0.3) is 0 Å². The summed E-state index contributed by atoms with van der Waals surface area (Å²) in [6.07, 6.45) is 3.70. The van der Waals surface area contributed by atoms with Crippen molar-refractivity contribution in [3.05, 3.63) is 35.4 Å². The van der Waals surface area contributed by atoms with E-state index in [9.17, 15) is 0 Å². The Bertz CT molecular complexity index is 388. The second kappa shape index (κ2) is 5.02. The molecule has 0 amide bonds. The van der Waals surface area contributed by atoms with E-state index >= 15 is 0 Å². The SMILES string of the molecule is CCc1ccc(C2(C3CCNCC3)COC2)cc1. The molecule has 0 unspecified atom stereocenters. The van der Waals surface area contributed by atoms with Crippen LogP contribution in [0, 0.1) is 5.92 Å². The molecule has 0 spiro atoms. The van der Waals surface area contributed by atoms with Crippen LogP contribution in [-0.2, 0) is 16.6 Å². The molecule has 2 nitrogen and oxygen atoms in total. The van der Waals surface area contributed by atoms with Gasteiger partial charge in [0.1, 0.15) is 0 Å². The van der Waals surface area contributed by atoms with Gasteiger partial charge < -0.3 is 10.1 Å². The summed E-state index contributed by atoms with van der Waals surface area (Å²) >= 11 is 0. The third kappa shape index (κ3) is 1.98. The van der Waals surface area contributed by atoms with Gasteiger partial charge in [0.2, 0.25) is 0 Å². The molecule has 2 saturated heterocycles. The molecule has 3 rings (SSSR count). The highest BCUT2D eigenvalue weighted by atomic mass is 16.5. The third-order valence-corrected chi connectivity index (χ3v) is 4.78. The van der Waals surface area contributed by atoms with Crippen LogP contribution in [0.5, 0.6) is 0 Å². The van der Waals surface area contributed by atoms with Gasteiger partial charge >= 0.3 is 0 Å². The van der Waals surface area contributed by atoms with Crippen molar-refractivity contribution in [2.45, 2.75) is 31.6 Å². The number of ether oxygens (including phenoxy) is 1. The minimum atomic E-state index is 0.314. The lowest BCUT2D eigenvalue weighted by molar-refractivity contribution is -0.0963. The summed E-state index contributed by atoms with van der Waals surface area (Å²) < 4.78 is 5.58. The summed E-state index contributed by atoms with van der Waals surface area (Å²) in [4.78, 5) is 0. The maximum atomic E-state index is 5.58. The Morgan fingerprint density at radius 2 is 1.83 bits per heavy atom. The van der Waals surface area contributed by atoms with Crippen molar-refractivity contribution in [1.29, 1.82) is 0 Å². The Morgan fingerprint density at radius 3 is 2.33 bits per heavy atom. The van der Waals surface area contributed by atoms with Gasteiger partial charge in [-0.05, 0) is 49.4 Å². The van der Waals surface area contributed by atoms with Gasteiger partial charge in [-0.3, -0.25) is 0 Å². The summed E-state index contributed by atoms with van der Waals surface area (Å²) in [5.41, 5.74) is 3.24. The fourth-order valence-corrected chi connectivity index (χ4v) is 3.41. The fraction of sp³-hybridized carbons (Fsp3) is 0.625. The van der Waals surface area contributed by atoms with Crippen LogP contribution in [0.4, 0.5) is 0 Å². The smallest absolute Gasteiger partial charge is 0.0588 e. The van der Waals surface area contributed by atoms with Crippen LogP contribution in [0.2, 0.25) is 0 Å². The zero-order chi connectivity index (χ0) is 12.4. The first-order valence-electron chi connectivity index (χ1n) is 7.23. The normalized spacial score (nSPS) is 23.6. The number of benzene rings is 1. The highest BCUT2D eigenvalue weighted by molar-refractivity contribution is 5.32. The predicted molar refractivity (Wildman–Crippen MR) is 73.9 cm³/mol. The lowest BCUT2D eigenvalue weighted by atomic mass is 9.65. The van der Waals surface area contributed by atoms with Gasteiger partial charge in [-0.15, -0.1) is 0 Å². The zero-order valence-electron chi connectivity index (χ0n) is 11.2. The molecule has 0 saturated carbocycles. The Morgan fingerprint density at radius 1 is 1.17 bits per heavy atom. The van der Waals surface area contributed by atoms with E-state index in [1.807, 2.05) is 0 Å². The highest BCUT2D eigenvalue weighted by Crippen LogP contribution is 2.43. The van der Waals surface area contributed by atoms with E-state index in [0.29, 0.717) is 5.41 Å². The number of rotatable bonds is 3. The number of aryl methyl sites for hydroxylation is 1. The van der Waals surface area contributed by atoms with Crippen molar-refractivity contribution in [2.24, 2.45) is 5.92 Å². The van der Waals surface area contributed by atoms with E-state index in [0.717, 1.165) is 25.6 Å². The summed E-state index contributed by atoms with van der Waals surface area (Å²) in [7, 11) is 0. The van der Waals surface area contributed by atoms with Crippen LogP contribution in [0.1, 0.15) is 30.9 Å². The molecule has 0 aliphatic carbocycles. The molecule has 1 aromatic rings. The molecule has 2 aliphatic rings. The molecule has 0 radical (unpaired) electrons. The molecule has 1 aromatic carbocycles. The molecule has 2 heterocycles. The van der Waals surface area contributed by atoms with Gasteiger partial charge in [-0.25, -0.2) is 0 Å². The third-order valence-electron chi connectivity index (χ3n) is 4.78. The van der Waals surface area contributed by atoms with Gasteiger partial charge in [0.05, 0.1) is 13.2 Å². The fourth-order valence-electron chi connectivity index (χ4n) is 3.41. The van der Waals surface area contributed by atoms with E-state index in [4.69, 9.17) is 4.74 Å². The molecule has 2 fully saturated rings. The van der Waals surface area contributed by atoms with Crippen molar-refractivity contribution in [2.75, 3.05) is 26.3 Å². The van der Waals surface area contributed by atoms with Gasteiger partial charge in [0, 0.05) is 5.41 Å². The summed E-state index contributed by atoms with van der Waals surface area (Å²) in [5.74, 6) is 0.792. The second-order valence-electron chi connectivity index (χ2n) is 5.72. The zero-order valence-corrected chi connectivity index (χ0v) is 11.2. The summed E-state index contributed by atoms with van der Waals surface area (Å²) in [6.45, 7) is 6.38. The minimum absolute atomic E-state index is 0.314. The molecule has 2 heteroatoms. The van der Waals surface area contributed by atoms with Gasteiger partial charge in [-0.1, -0.05) is 31.2 Å². The Labute approximate surface area is 110 Å². The van der Waals surface area contributed by atoms with E-state index in [2.05, 4.69) is 36.5 Å². The number of hydrogen-bond acceptors (Lipinski definition) is 2. The predicted octanol–water partition coefficient (Wildman–Crippen LogP) is 2.52. The molecule has 1 N–H and O–H groups in total. The lowest BCUT2D eigenvalue weighted by Gasteiger charge is -2.49. The molecule has 0 bridgehead atoms. The molecule has 2 aliphatic heterocycles. The Hall–Kier alpha value is -0.860. The standard InChI is InChI=1S/C16H23NO/c1-2-13-3-5-14(6-4-13)16(11-18-12-16)15-7-9-17-10-8-15/h3-6,15,17H,2,7-12H2,1H3. The molecule has 0 atom stereocenters. The van der Waals surface area contributed by atoms with Gasteiger partial charge in [0.15, 0.2) is 0 Å². The first kappa shape index (κ1) is 12.2. The monoisotopic (exact) mass is 245 g/mol. The molecular formula is C16H23NO. The van der Waals surface area contributed by atoms with Gasteiger partial charge in [0.25, 0.3) is 0 Å². The average molecular weight is 245 g/mol. The molecule has 98 valence electrons. The van der Waals surface area contributed by atoms with Crippen molar-refractivity contribution < 1.29 is 4.74 Å². The van der Waals surface area contributed by atoms with E-state index in [-0.39, 0.29) is 0 Å². The van der Waals surface area contributed by atoms with E-state index in [1.165, 1.54) is 37.1 Å². The van der Waals surface area contributed by atoms with Gasteiger partial charge in [-0.2, -0.15) is 0 Å². The summed E-state index contributed by atoms with van der Waals surface area (Å²) in [6, 6.07) is 9.25. The second-order valence-corrected chi connectivity index (χ2v) is 5.72. The topological polar surface area (TPSA) is 21.3 Å². The first-order chi connectivity index (χ1) is 8.85. The largest absolute Gasteiger partial charge is 0.379 e. The van der Waals surface area contributed by atoms with Crippen molar-refractivity contribution >= 4 is 0 Å². The Kier molecular flexibility index (Phi) is 3.40. The number of hydrogen-bond donors (Lipinski definition) is 1. The molecule has 18 heavy (non-hydrogen) atoms. The van der Waals surface area contributed by atoms with Crippen LogP contribution >= 0.6 is 0 Å².